The molecular weight excluding hydrogens is 182 g/mol. The topological polar surface area (TPSA) is 12.9 Å². The molecule has 3 rings (SSSR count). The Hall–Kier alpha value is -1.37. The fourth-order valence-electron chi connectivity index (χ4n) is 2.64. The second kappa shape index (κ2) is 3.34. The molecule has 1 aliphatic carbocycles. The molecule has 2 aromatic rings. The number of nitrogens with zero attached hydrogens (tertiary/aromatic N) is 1. The Bertz CT molecular complexity index is 504. The smallest absolute Gasteiger partial charge is 0.0739 e. The molecule has 0 saturated carbocycles. The van der Waals surface area contributed by atoms with E-state index in [0.29, 0.717) is 0 Å². The molecule has 0 atom stereocenters. The van der Waals surface area contributed by atoms with Crippen molar-refractivity contribution in [3.63, 3.8) is 0 Å². The summed E-state index contributed by atoms with van der Waals surface area (Å²) in [6.45, 7) is 2.20. The van der Waals surface area contributed by atoms with Crippen LogP contribution in [0.2, 0.25) is 0 Å². The van der Waals surface area contributed by atoms with Gasteiger partial charge < -0.3 is 0 Å². The maximum Gasteiger partial charge on any atom is 0.0739 e. The molecule has 1 nitrogen and oxygen atoms in total. The predicted molar refractivity (Wildman–Crippen MR) is 63.1 cm³/mol. The van der Waals surface area contributed by atoms with E-state index in [1.54, 1.807) is 0 Å². The van der Waals surface area contributed by atoms with Crippen molar-refractivity contribution in [3.8, 4) is 0 Å². The lowest BCUT2D eigenvalue weighted by atomic mass is 9.89. The molecule has 15 heavy (non-hydrogen) atoms. The molecule has 0 amide bonds. The van der Waals surface area contributed by atoms with Crippen LogP contribution in [-0.2, 0) is 19.3 Å². The molecule has 76 valence electrons. The van der Waals surface area contributed by atoms with Crippen LogP contribution < -0.4 is 0 Å². The van der Waals surface area contributed by atoms with Crippen LogP contribution in [0.4, 0.5) is 0 Å². The highest BCUT2D eigenvalue weighted by molar-refractivity contribution is 5.88. The van der Waals surface area contributed by atoms with Gasteiger partial charge in [-0.1, -0.05) is 19.1 Å². The summed E-state index contributed by atoms with van der Waals surface area (Å²) in [5, 5.41) is 1.45. The summed E-state index contributed by atoms with van der Waals surface area (Å²) in [6.07, 6.45) is 6.77. The van der Waals surface area contributed by atoms with E-state index in [9.17, 15) is 0 Å². The van der Waals surface area contributed by atoms with E-state index in [4.69, 9.17) is 0 Å². The number of aromatic nitrogens is 1. The third-order valence-corrected chi connectivity index (χ3v) is 3.42. The van der Waals surface area contributed by atoms with Crippen LogP contribution in [0.15, 0.2) is 24.4 Å². The number of hydrogen-bond donors (Lipinski definition) is 0. The van der Waals surface area contributed by atoms with Crippen LogP contribution in [0.1, 0.15) is 30.0 Å². The van der Waals surface area contributed by atoms with Gasteiger partial charge in [0.05, 0.1) is 5.52 Å². The zero-order chi connectivity index (χ0) is 10.3. The van der Waals surface area contributed by atoms with E-state index < -0.39 is 0 Å². The SMILES string of the molecule is CCc1ccc2c3c(ccnc13)CCC2. The Morgan fingerprint density at radius 3 is 2.73 bits per heavy atom. The highest BCUT2D eigenvalue weighted by Gasteiger charge is 2.14. The van der Waals surface area contributed by atoms with Gasteiger partial charge in [-0.2, -0.15) is 0 Å². The van der Waals surface area contributed by atoms with Crippen molar-refractivity contribution < 1.29 is 0 Å². The average molecular weight is 197 g/mol. The molecule has 1 heterocycles. The molecule has 0 aliphatic heterocycles. The van der Waals surface area contributed by atoms with E-state index in [-0.39, 0.29) is 0 Å². The van der Waals surface area contributed by atoms with Gasteiger partial charge in [0, 0.05) is 11.6 Å². The highest BCUT2D eigenvalue weighted by Crippen LogP contribution is 2.30. The maximum atomic E-state index is 4.56. The van der Waals surface area contributed by atoms with Gasteiger partial charge in [0.25, 0.3) is 0 Å². The largest absolute Gasteiger partial charge is 0.256 e. The summed E-state index contributed by atoms with van der Waals surface area (Å²) >= 11 is 0. The Kier molecular flexibility index (Phi) is 1.98. The average Bonchev–Trinajstić information content (AvgIpc) is 2.30. The molecule has 0 spiro atoms. The van der Waals surface area contributed by atoms with Gasteiger partial charge in [-0.05, 0) is 48.4 Å². The first-order chi connectivity index (χ1) is 7.40. The van der Waals surface area contributed by atoms with Crippen molar-refractivity contribution >= 4 is 10.9 Å². The van der Waals surface area contributed by atoms with Gasteiger partial charge in [-0.15, -0.1) is 0 Å². The van der Waals surface area contributed by atoms with Crippen LogP contribution >= 0.6 is 0 Å². The van der Waals surface area contributed by atoms with Gasteiger partial charge in [0.2, 0.25) is 0 Å². The molecule has 0 N–H and O–H groups in total. The number of aryl methyl sites for hydroxylation is 3. The monoisotopic (exact) mass is 197 g/mol. The van der Waals surface area contributed by atoms with Crippen LogP contribution in [0.5, 0.6) is 0 Å². The molecule has 0 unspecified atom stereocenters. The number of rotatable bonds is 1. The standard InChI is InChI=1S/C14H15N/c1-2-10-6-7-11-4-3-5-12-8-9-15-14(10)13(11)12/h6-9H,2-5H2,1H3. The maximum absolute atomic E-state index is 4.56. The first-order valence-electron chi connectivity index (χ1n) is 5.78. The molecule has 0 saturated heterocycles. The molecule has 0 fully saturated rings. The van der Waals surface area contributed by atoms with Gasteiger partial charge >= 0.3 is 0 Å². The Balaban J connectivity index is 2.43. The second-order valence-electron chi connectivity index (χ2n) is 4.28. The van der Waals surface area contributed by atoms with Gasteiger partial charge in [0.1, 0.15) is 0 Å². The summed E-state index contributed by atoms with van der Waals surface area (Å²) < 4.78 is 0. The van der Waals surface area contributed by atoms with Crippen molar-refractivity contribution in [1.29, 1.82) is 0 Å². The van der Waals surface area contributed by atoms with Crippen LogP contribution in [0, 0.1) is 0 Å². The Labute approximate surface area is 90.2 Å². The first-order valence-corrected chi connectivity index (χ1v) is 5.78. The first kappa shape index (κ1) is 8.90. The third kappa shape index (κ3) is 1.26. The van der Waals surface area contributed by atoms with Crippen LogP contribution in [-0.4, -0.2) is 4.98 Å². The molecule has 0 bridgehead atoms. The lowest BCUT2D eigenvalue weighted by Crippen LogP contribution is -2.03. The van der Waals surface area contributed by atoms with Crippen molar-refractivity contribution in [2.24, 2.45) is 0 Å². The number of pyridine rings is 1. The fraction of sp³-hybridized carbons (Fsp3) is 0.357. The highest BCUT2D eigenvalue weighted by atomic mass is 14.7. The third-order valence-electron chi connectivity index (χ3n) is 3.42. The summed E-state index contributed by atoms with van der Waals surface area (Å²) in [6, 6.07) is 6.73. The van der Waals surface area contributed by atoms with Crippen molar-refractivity contribution in [2.45, 2.75) is 32.6 Å². The molecule has 1 aromatic carbocycles. The van der Waals surface area contributed by atoms with Crippen molar-refractivity contribution in [3.05, 3.63) is 41.1 Å². The Morgan fingerprint density at radius 1 is 1.13 bits per heavy atom. The van der Waals surface area contributed by atoms with E-state index in [1.165, 1.54) is 46.9 Å². The van der Waals surface area contributed by atoms with Crippen LogP contribution in [0.3, 0.4) is 0 Å². The fourth-order valence-corrected chi connectivity index (χ4v) is 2.64. The quantitative estimate of drug-likeness (QED) is 0.683. The van der Waals surface area contributed by atoms with E-state index in [0.717, 1.165) is 6.42 Å². The summed E-state index contributed by atoms with van der Waals surface area (Å²) in [7, 11) is 0. The van der Waals surface area contributed by atoms with E-state index in [2.05, 4.69) is 30.1 Å². The minimum Gasteiger partial charge on any atom is -0.256 e. The minimum absolute atomic E-state index is 1.08. The lowest BCUT2D eigenvalue weighted by molar-refractivity contribution is 0.805. The van der Waals surface area contributed by atoms with Crippen LogP contribution in [0.25, 0.3) is 10.9 Å². The van der Waals surface area contributed by atoms with Crippen molar-refractivity contribution in [1.82, 2.24) is 4.98 Å². The zero-order valence-electron chi connectivity index (χ0n) is 9.09. The minimum atomic E-state index is 1.08. The molecule has 1 aromatic heterocycles. The molecular formula is C14H15N. The summed E-state index contributed by atoms with van der Waals surface area (Å²) in [5.74, 6) is 0. The van der Waals surface area contributed by atoms with Gasteiger partial charge in [0.15, 0.2) is 0 Å². The van der Waals surface area contributed by atoms with Gasteiger partial charge in [-0.3, -0.25) is 4.98 Å². The predicted octanol–water partition coefficient (Wildman–Crippen LogP) is 3.29. The summed E-state index contributed by atoms with van der Waals surface area (Å²) in [4.78, 5) is 4.56. The van der Waals surface area contributed by atoms with E-state index >= 15 is 0 Å². The zero-order valence-corrected chi connectivity index (χ0v) is 9.09. The second-order valence-corrected chi connectivity index (χ2v) is 4.28. The van der Waals surface area contributed by atoms with Gasteiger partial charge in [-0.25, -0.2) is 0 Å². The normalized spacial score (nSPS) is 14.5. The van der Waals surface area contributed by atoms with E-state index in [1.807, 2.05) is 6.20 Å². The summed E-state index contributed by atoms with van der Waals surface area (Å²) in [5.41, 5.74) is 5.62. The molecule has 1 aliphatic rings. The molecule has 1 heteroatoms. The molecule has 0 radical (unpaired) electrons. The number of hydrogen-bond acceptors (Lipinski definition) is 1. The van der Waals surface area contributed by atoms with Crippen molar-refractivity contribution in [2.75, 3.05) is 0 Å². The Morgan fingerprint density at radius 2 is 1.93 bits per heavy atom. The number of benzene rings is 1. The lowest BCUT2D eigenvalue weighted by Gasteiger charge is -2.17.